The molecule has 1 saturated heterocycles. The van der Waals surface area contributed by atoms with Crippen molar-refractivity contribution in [1.29, 1.82) is 5.41 Å². The maximum absolute atomic E-state index is 7.36. The first-order valence-corrected chi connectivity index (χ1v) is 5.17. The van der Waals surface area contributed by atoms with Gasteiger partial charge in [0.15, 0.2) is 5.69 Å². The van der Waals surface area contributed by atoms with Gasteiger partial charge in [-0.3, -0.25) is 5.41 Å². The van der Waals surface area contributed by atoms with Crippen molar-refractivity contribution in [2.24, 2.45) is 5.73 Å². The third kappa shape index (κ3) is 2.46. The predicted octanol–water partition coefficient (Wildman–Crippen LogP) is 0.318. The van der Waals surface area contributed by atoms with Gasteiger partial charge in [-0.25, -0.2) is 9.97 Å². The molecule has 2 heterocycles. The second kappa shape index (κ2) is 4.89. The molecule has 86 valence electrons. The second-order valence-electron chi connectivity index (χ2n) is 3.55. The highest BCUT2D eigenvalue weighted by Crippen LogP contribution is 2.17. The second-order valence-corrected chi connectivity index (χ2v) is 3.55. The Balaban J connectivity index is 2.10. The predicted molar refractivity (Wildman–Crippen MR) is 57.5 cm³/mol. The molecular formula is C10H14N4O2. The summed E-state index contributed by atoms with van der Waals surface area (Å²) in [5.41, 5.74) is 5.70. The summed E-state index contributed by atoms with van der Waals surface area (Å²) in [5, 5.41) is 7.36. The van der Waals surface area contributed by atoms with Gasteiger partial charge in [-0.15, -0.1) is 0 Å². The van der Waals surface area contributed by atoms with Crippen molar-refractivity contribution >= 4 is 5.84 Å². The van der Waals surface area contributed by atoms with E-state index in [1.807, 2.05) is 0 Å². The van der Waals surface area contributed by atoms with E-state index in [9.17, 15) is 0 Å². The van der Waals surface area contributed by atoms with Crippen LogP contribution in [0, 0.1) is 5.41 Å². The lowest BCUT2D eigenvalue weighted by molar-refractivity contribution is 0.0235. The lowest BCUT2D eigenvalue weighted by atomic mass is 10.1. The fourth-order valence-corrected chi connectivity index (χ4v) is 1.55. The molecule has 0 radical (unpaired) electrons. The molecule has 1 fully saturated rings. The Labute approximate surface area is 93.3 Å². The Morgan fingerprint density at radius 3 is 2.75 bits per heavy atom. The van der Waals surface area contributed by atoms with Crippen LogP contribution in [0.2, 0.25) is 0 Å². The number of nitrogens with two attached hydrogens (primary N) is 1. The van der Waals surface area contributed by atoms with Crippen molar-refractivity contribution < 1.29 is 9.47 Å². The zero-order valence-electron chi connectivity index (χ0n) is 8.85. The summed E-state index contributed by atoms with van der Waals surface area (Å²) in [6, 6.07) is 0. The monoisotopic (exact) mass is 222 g/mol. The van der Waals surface area contributed by atoms with Gasteiger partial charge in [0.05, 0.1) is 13.2 Å². The van der Waals surface area contributed by atoms with Crippen LogP contribution in [0.4, 0.5) is 0 Å². The van der Waals surface area contributed by atoms with Crippen molar-refractivity contribution in [2.75, 3.05) is 13.2 Å². The van der Waals surface area contributed by atoms with E-state index in [0.29, 0.717) is 24.8 Å². The average molecular weight is 222 g/mol. The fraction of sp³-hybridized carbons (Fsp3) is 0.500. The summed E-state index contributed by atoms with van der Waals surface area (Å²) >= 11 is 0. The fourth-order valence-electron chi connectivity index (χ4n) is 1.55. The average Bonchev–Trinajstić information content (AvgIpc) is 2.31. The largest absolute Gasteiger partial charge is 0.473 e. The minimum Gasteiger partial charge on any atom is -0.473 e. The first kappa shape index (κ1) is 10.8. The van der Waals surface area contributed by atoms with Crippen molar-refractivity contribution in [3.63, 3.8) is 0 Å². The molecule has 1 aromatic heterocycles. The van der Waals surface area contributed by atoms with Gasteiger partial charge in [0.1, 0.15) is 11.9 Å². The van der Waals surface area contributed by atoms with Crippen LogP contribution in [0.1, 0.15) is 18.5 Å². The Morgan fingerprint density at radius 2 is 2.06 bits per heavy atom. The van der Waals surface area contributed by atoms with Crippen LogP contribution in [0.3, 0.4) is 0 Å². The van der Waals surface area contributed by atoms with Gasteiger partial charge in [-0.2, -0.15) is 0 Å². The number of amidine groups is 1. The summed E-state index contributed by atoms with van der Waals surface area (Å²) in [6.45, 7) is 1.39. The minimum absolute atomic E-state index is 0.0727. The summed E-state index contributed by atoms with van der Waals surface area (Å²) in [7, 11) is 0. The number of rotatable bonds is 3. The van der Waals surface area contributed by atoms with Gasteiger partial charge in [-0.05, 0) is 0 Å². The van der Waals surface area contributed by atoms with E-state index in [2.05, 4.69) is 9.97 Å². The van der Waals surface area contributed by atoms with E-state index >= 15 is 0 Å². The van der Waals surface area contributed by atoms with Crippen LogP contribution in [0.25, 0.3) is 0 Å². The standard InChI is InChI=1S/C10H14N4O2/c11-9(12)8-10(14-4-3-13-8)16-7-1-5-15-6-2-7/h3-4,7H,1-2,5-6H2,(H3,11,12). The molecule has 6 nitrogen and oxygen atoms in total. The smallest absolute Gasteiger partial charge is 0.244 e. The van der Waals surface area contributed by atoms with Gasteiger partial charge < -0.3 is 15.2 Å². The Hall–Kier alpha value is -1.69. The lowest BCUT2D eigenvalue weighted by Gasteiger charge is -2.23. The summed E-state index contributed by atoms with van der Waals surface area (Å²) in [6.07, 6.45) is 4.75. The third-order valence-corrected chi connectivity index (χ3v) is 2.37. The van der Waals surface area contributed by atoms with Gasteiger partial charge >= 0.3 is 0 Å². The molecule has 1 aliphatic heterocycles. The van der Waals surface area contributed by atoms with Crippen LogP contribution < -0.4 is 10.5 Å². The van der Waals surface area contributed by atoms with Crippen molar-refractivity contribution in [3.05, 3.63) is 18.1 Å². The Kier molecular flexibility index (Phi) is 3.31. The van der Waals surface area contributed by atoms with E-state index in [-0.39, 0.29) is 11.9 Å². The molecule has 0 atom stereocenters. The molecule has 2 rings (SSSR count). The Morgan fingerprint density at radius 1 is 1.38 bits per heavy atom. The van der Waals surface area contributed by atoms with Crippen molar-refractivity contribution in [1.82, 2.24) is 9.97 Å². The van der Waals surface area contributed by atoms with E-state index in [4.69, 9.17) is 20.6 Å². The highest BCUT2D eigenvalue weighted by Gasteiger charge is 2.18. The Bertz CT molecular complexity index is 377. The molecule has 1 aliphatic rings. The first-order valence-electron chi connectivity index (χ1n) is 5.17. The van der Waals surface area contributed by atoms with Crippen molar-refractivity contribution in [3.8, 4) is 5.88 Å². The number of nitrogen functional groups attached to an aromatic ring is 1. The lowest BCUT2D eigenvalue weighted by Crippen LogP contribution is -2.27. The normalized spacial score (nSPS) is 17.0. The molecule has 0 saturated carbocycles. The van der Waals surface area contributed by atoms with Gasteiger partial charge in [0, 0.05) is 25.2 Å². The molecule has 0 bridgehead atoms. The minimum atomic E-state index is -0.129. The number of aromatic nitrogens is 2. The molecule has 0 spiro atoms. The number of nitrogens with one attached hydrogen (secondary N) is 1. The summed E-state index contributed by atoms with van der Waals surface area (Å²) in [4.78, 5) is 8.02. The molecule has 0 unspecified atom stereocenters. The molecule has 0 aliphatic carbocycles. The van der Waals surface area contributed by atoms with Crippen LogP contribution in [-0.4, -0.2) is 35.1 Å². The first-order chi connectivity index (χ1) is 7.77. The van der Waals surface area contributed by atoms with Crippen LogP contribution >= 0.6 is 0 Å². The zero-order chi connectivity index (χ0) is 11.4. The molecule has 16 heavy (non-hydrogen) atoms. The van der Waals surface area contributed by atoms with Crippen LogP contribution in [0.5, 0.6) is 5.88 Å². The van der Waals surface area contributed by atoms with Crippen LogP contribution in [-0.2, 0) is 4.74 Å². The maximum atomic E-state index is 7.36. The van der Waals surface area contributed by atoms with E-state index in [1.54, 1.807) is 0 Å². The molecule has 1 aromatic rings. The number of ether oxygens (including phenoxy) is 2. The number of hydrogen-bond donors (Lipinski definition) is 2. The molecule has 3 N–H and O–H groups in total. The number of hydrogen-bond acceptors (Lipinski definition) is 5. The zero-order valence-corrected chi connectivity index (χ0v) is 8.85. The van der Waals surface area contributed by atoms with Crippen LogP contribution in [0.15, 0.2) is 12.4 Å². The van der Waals surface area contributed by atoms with E-state index in [1.165, 1.54) is 12.4 Å². The molecule has 0 aromatic carbocycles. The topological polar surface area (TPSA) is 94.1 Å². The maximum Gasteiger partial charge on any atom is 0.244 e. The summed E-state index contributed by atoms with van der Waals surface area (Å²) in [5.74, 6) is 0.206. The molecule has 0 amide bonds. The summed E-state index contributed by atoms with van der Waals surface area (Å²) < 4.78 is 10.9. The highest BCUT2D eigenvalue weighted by molar-refractivity contribution is 5.94. The SMILES string of the molecule is N=C(N)c1nccnc1OC1CCOCC1. The third-order valence-electron chi connectivity index (χ3n) is 2.37. The highest BCUT2D eigenvalue weighted by atomic mass is 16.5. The van der Waals surface area contributed by atoms with Gasteiger partial charge in [0.25, 0.3) is 0 Å². The molecule has 6 heteroatoms. The quantitative estimate of drug-likeness (QED) is 0.567. The van der Waals surface area contributed by atoms with Gasteiger partial charge in [-0.1, -0.05) is 0 Å². The van der Waals surface area contributed by atoms with Gasteiger partial charge in [0.2, 0.25) is 5.88 Å². The van der Waals surface area contributed by atoms with Crippen molar-refractivity contribution in [2.45, 2.75) is 18.9 Å². The van der Waals surface area contributed by atoms with E-state index < -0.39 is 0 Å². The molecular weight excluding hydrogens is 208 g/mol. The van der Waals surface area contributed by atoms with E-state index in [0.717, 1.165) is 12.8 Å². The number of nitrogens with zero attached hydrogens (tertiary/aromatic N) is 2.